The molecule has 0 atom stereocenters. The summed E-state index contributed by atoms with van der Waals surface area (Å²) >= 11 is 1.71. The maximum Gasteiger partial charge on any atom is 0.191 e. The lowest BCUT2D eigenvalue weighted by atomic mass is 10.1. The Labute approximate surface area is 208 Å². The molecule has 8 heteroatoms. The molecule has 1 aliphatic carbocycles. The van der Waals surface area contributed by atoms with Crippen LogP contribution in [0.1, 0.15) is 68.9 Å². The third-order valence-corrected chi connectivity index (χ3v) is 6.37. The van der Waals surface area contributed by atoms with Crippen LogP contribution in [0.3, 0.4) is 0 Å². The van der Waals surface area contributed by atoms with Crippen molar-refractivity contribution < 1.29 is 0 Å². The van der Waals surface area contributed by atoms with Crippen LogP contribution in [0.25, 0.3) is 0 Å². The minimum Gasteiger partial charge on any atom is -0.357 e. The first-order valence-electron chi connectivity index (χ1n) is 11.3. The molecule has 0 aliphatic heterocycles. The number of nitrogens with one attached hydrogen (secondary N) is 2. The van der Waals surface area contributed by atoms with Gasteiger partial charge in [0, 0.05) is 25.6 Å². The Morgan fingerprint density at radius 1 is 1.13 bits per heavy atom. The monoisotopic (exact) mass is 556 g/mol. The molecule has 0 bridgehead atoms. The van der Waals surface area contributed by atoms with Gasteiger partial charge >= 0.3 is 0 Å². The Balaban J connectivity index is 0.00000341. The van der Waals surface area contributed by atoms with Crippen molar-refractivity contribution in [3.05, 3.63) is 41.2 Å². The molecular weight excluding hydrogens is 519 g/mol. The van der Waals surface area contributed by atoms with Gasteiger partial charge in [-0.05, 0) is 50.0 Å². The van der Waals surface area contributed by atoms with Crippen LogP contribution in [0.2, 0.25) is 0 Å². The average Bonchev–Trinajstić information content (AvgIpc) is 3.44. The zero-order chi connectivity index (χ0) is 21.2. The van der Waals surface area contributed by atoms with Crippen LogP contribution in [0.5, 0.6) is 0 Å². The SMILES string of the molecule is CCNC(=NCc1ccccc1CC)NCCCc1nnc(SC)n1C1CCCC1.I. The number of halogens is 1. The van der Waals surface area contributed by atoms with Gasteiger partial charge < -0.3 is 15.2 Å². The van der Waals surface area contributed by atoms with Crippen LogP contribution in [0.4, 0.5) is 0 Å². The van der Waals surface area contributed by atoms with Crippen molar-refractivity contribution in [1.82, 2.24) is 25.4 Å². The van der Waals surface area contributed by atoms with E-state index in [4.69, 9.17) is 4.99 Å². The number of aromatic nitrogens is 3. The second-order valence-corrected chi connectivity index (χ2v) is 8.53. The van der Waals surface area contributed by atoms with E-state index >= 15 is 0 Å². The second-order valence-electron chi connectivity index (χ2n) is 7.76. The topological polar surface area (TPSA) is 67.1 Å². The third-order valence-electron chi connectivity index (χ3n) is 5.73. The van der Waals surface area contributed by atoms with Crippen molar-refractivity contribution in [2.24, 2.45) is 4.99 Å². The molecule has 172 valence electrons. The number of aryl methyl sites for hydroxylation is 2. The van der Waals surface area contributed by atoms with Crippen LogP contribution < -0.4 is 10.6 Å². The smallest absolute Gasteiger partial charge is 0.191 e. The number of thioether (sulfide) groups is 1. The molecule has 6 nitrogen and oxygen atoms in total. The molecule has 0 unspecified atom stereocenters. The molecule has 3 rings (SSSR count). The van der Waals surface area contributed by atoms with Gasteiger partial charge in [-0.25, -0.2) is 4.99 Å². The Morgan fingerprint density at radius 3 is 2.55 bits per heavy atom. The van der Waals surface area contributed by atoms with Crippen LogP contribution in [-0.2, 0) is 19.4 Å². The Hall–Kier alpha value is -1.29. The van der Waals surface area contributed by atoms with E-state index in [1.807, 2.05) is 0 Å². The zero-order valence-corrected chi connectivity index (χ0v) is 22.2. The predicted octanol–water partition coefficient (Wildman–Crippen LogP) is 4.98. The molecule has 2 N–H and O–H groups in total. The van der Waals surface area contributed by atoms with Gasteiger partial charge in [0.05, 0.1) is 6.54 Å². The molecule has 1 saturated carbocycles. The van der Waals surface area contributed by atoms with Crippen LogP contribution >= 0.6 is 35.7 Å². The lowest BCUT2D eigenvalue weighted by molar-refractivity contribution is 0.460. The van der Waals surface area contributed by atoms with Crippen LogP contribution in [0.15, 0.2) is 34.4 Å². The molecule has 2 aromatic rings. The van der Waals surface area contributed by atoms with Crippen molar-refractivity contribution in [2.45, 2.75) is 76.5 Å². The number of hydrogen-bond donors (Lipinski definition) is 2. The van der Waals surface area contributed by atoms with Gasteiger partial charge in [-0.3, -0.25) is 0 Å². The summed E-state index contributed by atoms with van der Waals surface area (Å²) in [5.41, 5.74) is 2.67. The molecule has 0 radical (unpaired) electrons. The normalized spacial score (nSPS) is 14.5. The van der Waals surface area contributed by atoms with Gasteiger partial charge in [0.2, 0.25) is 0 Å². The summed E-state index contributed by atoms with van der Waals surface area (Å²) in [6.45, 7) is 6.72. The van der Waals surface area contributed by atoms with E-state index in [2.05, 4.69) is 69.8 Å². The highest BCUT2D eigenvalue weighted by Gasteiger charge is 2.23. The van der Waals surface area contributed by atoms with Gasteiger partial charge in [0.1, 0.15) is 5.82 Å². The quantitative estimate of drug-likeness (QED) is 0.142. The highest BCUT2D eigenvalue weighted by molar-refractivity contribution is 14.0. The van der Waals surface area contributed by atoms with Crippen molar-refractivity contribution >= 4 is 41.7 Å². The fourth-order valence-corrected chi connectivity index (χ4v) is 4.74. The number of aliphatic imine (C=N–C) groups is 1. The van der Waals surface area contributed by atoms with Gasteiger partial charge in [-0.2, -0.15) is 0 Å². The van der Waals surface area contributed by atoms with E-state index in [0.29, 0.717) is 12.6 Å². The largest absolute Gasteiger partial charge is 0.357 e. The maximum atomic E-state index is 4.79. The number of guanidine groups is 1. The summed E-state index contributed by atoms with van der Waals surface area (Å²) in [7, 11) is 0. The lowest BCUT2D eigenvalue weighted by Crippen LogP contribution is -2.38. The molecule has 1 aromatic carbocycles. The van der Waals surface area contributed by atoms with Crippen molar-refractivity contribution in [2.75, 3.05) is 19.3 Å². The third kappa shape index (κ3) is 7.37. The average molecular weight is 557 g/mol. The number of rotatable bonds is 10. The molecular formula is C23H37IN6S. The second kappa shape index (κ2) is 14.0. The molecule has 1 aromatic heterocycles. The first kappa shape index (κ1) is 26.0. The van der Waals surface area contributed by atoms with E-state index < -0.39 is 0 Å². The van der Waals surface area contributed by atoms with Crippen LogP contribution in [0, 0.1) is 0 Å². The number of nitrogens with zero attached hydrogens (tertiary/aromatic N) is 4. The summed E-state index contributed by atoms with van der Waals surface area (Å²) in [6.07, 6.45) is 10.2. The lowest BCUT2D eigenvalue weighted by Gasteiger charge is -2.16. The van der Waals surface area contributed by atoms with E-state index in [1.54, 1.807) is 11.8 Å². The minimum absolute atomic E-state index is 0. The van der Waals surface area contributed by atoms with Crippen molar-refractivity contribution in [3.8, 4) is 0 Å². The Kier molecular flexibility index (Phi) is 11.7. The fraction of sp³-hybridized carbons (Fsp3) is 0.609. The van der Waals surface area contributed by atoms with E-state index in [9.17, 15) is 0 Å². The Morgan fingerprint density at radius 2 is 1.87 bits per heavy atom. The number of hydrogen-bond acceptors (Lipinski definition) is 4. The first-order chi connectivity index (χ1) is 14.8. The zero-order valence-electron chi connectivity index (χ0n) is 19.1. The van der Waals surface area contributed by atoms with Gasteiger partial charge in [-0.15, -0.1) is 34.2 Å². The Bertz CT molecular complexity index is 816. The molecule has 0 spiro atoms. The summed E-state index contributed by atoms with van der Waals surface area (Å²) in [6, 6.07) is 9.14. The number of benzene rings is 1. The predicted molar refractivity (Wildman–Crippen MR) is 142 cm³/mol. The van der Waals surface area contributed by atoms with Gasteiger partial charge in [0.25, 0.3) is 0 Å². The molecule has 1 aliphatic rings. The van der Waals surface area contributed by atoms with Gasteiger partial charge in [0.15, 0.2) is 11.1 Å². The van der Waals surface area contributed by atoms with Crippen molar-refractivity contribution in [3.63, 3.8) is 0 Å². The molecule has 0 saturated heterocycles. The van der Waals surface area contributed by atoms with Gasteiger partial charge in [-0.1, -0.05) is 55.8 Å². The molecule has 1 fully saturated rings. The maximum absolute atomic E-state index is 4.79. The van der Waals surface area contributed by atoms with Crippen LogP contribution in [-0.4, -0.2) is 40.1 Å². The summed E-state index contributed by atoms with van der Waals surface area (Å²) in [5.74, 6) is 2.01. The molecule has 31 heavy (non-hydrogen) atoms. The summed E-state index contributed by atoms with van der Waals surface area (Å²) < 4.78 is 2.40. The summed E-state index contributed by atoms with van der Waals surface area (Å²) in [4.78, 5) is 4.79. The van der Waals surface area contributed by atoms with Crippen molar-refractivity contribution in [1.29, 1.82) is 0 Å². The first-order valence-corrected chi connectivity index (χ1v) is 12.6. The standard InChI is InChI=1S/C23H36N6S.HI/c1-4-18-11-6-7-12-19(18)17-26-22(24-5-2)25-16-10-15-21-27-28-23(30-3)29(21)20-13-8-9-14-20;/h6-7,11-12,20H,4-5,8-10,13-17H2,1-3H3,(H2,24,25,26);1H. The van der Waals surface area contributed by atoms with E-state index in [0.717, 1.165) is 49.3 Å². The summed E-state index contributed by atoms with van der Waals surface area (Å²) in [5, 5.41) is 16.8. The van der Waals surface area contributed by atoms with E-state index in [-0.39, 0.29) is 24.0 Å². The highest BCUT2D eigenvalue weighted by atomic mass is 127. The van der Waals surface area contributed by atoms with E-state index in [1.165, 1.54) is 36.8 Å². The minimum atomic E-state index is 0. The molecule has 0 amide bonds. The highest BCUT2D eigenvalue weighted by Crippen LogP contribution is 2.33. The fourth-order valence-electron chi connectivity index (χ4n) is 4.16. The molecule has 1 heterocycles.